The molecule has 1 rings (SSSR count). The molecular formula is C10H13ClN2O2. The van der Waals surface area contributed by atoms with Crippen LogP contribution in [0.2, 0.25) is 5.15 Å². The highest BCUT2D eigenvalue weighted by Crippen LogP contribution is 2.08. The number of rotatable bonds is 3. The van der Waals surface area contributed by atoms with Crippen LogP contribution < -0.4 is 0 Å². The quantitative estimate of drug-likeness (QED) is 0.745. The summed E-state index contributed by atoms with van der Waals surface area (Å²) in [6, 6.07) is 0. The molecule has 5 heteroatoms. The first-order chi connectivity index (χ1) is 7.00. The normalized spacial score (nSPS) is 10.5. The number of nitrogens with zero attached hydrogens (tertiary/aromatic N) is 2. The molecule has 0 amide bonds. The number of aryl methyl sites for hydroxylation is 1. The smallest absolute Gasteiger partial charge is 0.358 e. The zero-order valence-corrected chi connectivity index (χ0v) is 9.71. The molecule has 0 spiro atoms. The minimum atomic E-state index is -0.453. The fourth-order valence-corrected chi connectivity index (χ4v) is 1.14. The van der Waals surface area contributed by atoms with E-state index in [1.807, 2.05) is 13.8 Å². The van der Waals surface area contributed by atoms with Crippen LogP contribution in [0.3, 0.4) is 0 Å². The van der Waals surface area contributed by atoms with Crippen LogP contribution in [-0.2, 0) is 4.74 Å². The van der Waals surface area contributed by atoms with E-state index in [1.165, 1.54) is 6.20 Å². The summed E-state index contributed by atoms with van der Waals surface area (Å²) in [7, 11) is 0. The summed E-state index contributed by atoms with van der Waals surface area (Å²) in [5.41, 5.74) is 0.705. The summed E-state index contributed by atoms with van der Waals surface area (Å²) in [5.74, 6) is -0.153. The number of hydrogen-bond acceptors (Lipinski definition) is 4. The molecule has 15 heavy (non-hydrogen) atoms. The van der Waals surface area contributed by atoms with Gasteiger partial charge in [-0.25, -0.2) is 14.8 Å². The molecule has 1 aromatic rings. The van der Waals surface area contributed by atoms with Crippen molar-refractivity contribution in [2.24, 2.45) is 5.92 Å². The van der Waals surface area contributed by atoms with E-state index in [-0.39, 0.29) is 10.8 Å². The monoisotopic (exact) mass is 228 g/mol. The zero-order chi connectivity index (χ0) is 11.4. The van der Waals surface area contributed by atoms with Gasteiger partial charge in [-0.2, -0.15) is 0 Å². The molecule has 0 fully saturated rings. The first-order valence-electron chi connectivity index (χ1n) is 4.67. The Labute approximate surface area is 93.6 Å². The van der Waals surface area contributed by atoms with Gasteiger partial charge in [0.2, 0.25) is 0 Å². The first-order valence-corrected chi connectivity index (χ1v) is 5.04. The van der Waals surface area contributed by atoms with Crippen LogP contribution in [0.15, 0.2) is 6.20 Å². The third-order valence-corrected chi connectivity index (χ3v) is 1.84. The van der Waals surface area contributed by atoms with Crippen LogP contribution in [0.25, 0.3) is 0 Å². The van der Waals surface area contributed by atoms with E-state index in [9.17, 15) is 4.79 Å². The molecule has 0 saturated carbocycles. The van der Waals surface area contributed by atoms with Crippen molar-refractivity contribution in [1.29, 1.82) is 0 Å². The predicted molar refractivity (Wildman–Crippen MR) is 56.9 cm³/mol. The number of hydrogen-bond donors (Lipinski definition) is 0. The molecule has 4 nitrogen and oxygen atoms in total. The summed E-state index contributed by atoms with van der Waals surface area (Å²) < 4.78 is 5.03. The summed E-state index contributed by atoms with van der Waals surface area (Å²) in [4.78, 5) is 19.3. The van der Waals surface area contributed by atoms with Crippen molar-refractivity contribution in [3.63, 3.8) is 0 Å². The number of esters is 1. The second kappa shape index (κ2) is 5.07. The van der Waals surface area contributed by atoms with Crippen molar-refractivity contribution >= 4 is 17.6 Å². The van der Waals surface area contributed by atoms with Gasteiger partial charge in [-0.3, -0.25) is 0 Å². The molecule has 0 aliphatic carbocycles. The van der Waals surface area contributed by atoms with Gasteiger partial charge in [0, 0.05) is 0 Å². The molecule has 0 unspecified atom stereocenters. The Morgan fingerprint density at radius 3 is 2.80 bits per heavy atom. The van der Waals surface area contributed by atoms with E-state index in [0.717, 1.165) is 0 Å². The second-order valence-corrected chi connectivity index (χ2v) is 4.01. The maximum Gasteiger partial charge on any atom is 0.358 e. The number of carbonyl (C=O) groups excluding carboxylic acids is 1. The van der Waals surface area contributed by atoms with Crippen LogP contribution in [0, 0.1) is 12.8 Å². The van der Waals surface area contributed by atoms with Gasteiger partial charge < -0.3 is 4.74 Å². The maximum absolute atomic E-state index is 11.5. The molecule has 0 aliphatic rings. The number of carbonyl (C=O) groups is 1. The molecule has 0 saturated heterocycles. The Morgan fingerprint density at radius 2 is 2.27 bits per heavy atom. The lowest BCUT2D eigenvalue weighted by Crippen LogP contribution is -2.13. The molecular weight excluding hydrogens is 216 g/mol. The third-order valence-electron chi connectivity index (χ3n) is 1.66. The average Bonchev–Trinajstić information content (AvgIpc) is 2.14. The van der Waals surface area contributed by atoms with E-state index in [2.05, 4.69) is 9.97 Å². The minimum absolute atomic E-state index is 0.222. The summed E-state index contributed by atoms with van der Waals surface area (Å²) in [6.45, 7) is 5.98. The van der Waals surface area contributed by atoms with Crippen molar-refractivity contribution in [3.8, 4) is 0 Å². The molecule has 0 aliphatic heterocycles. The lowest BCUT2D eigenvalue weighted by Gasteiger charge is -2.07. The topological polar surface area (TPSA) is 52.1 Å². The number of aromatic nitrogens is 2. The summed E-state index contributed by atoms with van der Waals surface area (Å²) in [5, 5.41) is 0.271. The fraction of sp³-hybridized carbons (Fsp3) is 0.500. The molecule has 0 aromatic carbocycles. The molecule has 0 bridgehead atoms. The minimum Gasteiger partial charge on any atom is -0.461 e. The largest absolute Gasteiger partial charge is 0.461 e. The van der Waals surface area contributed by atoms with Crippen LogP contribution in [0.4, 0.5) is 0 Å². The highest BCUT2D eigenvalue weighted by Gasteiger charge is 2.14. The van der Waals surface area contributed by atoms with Gasteiger partial charge in [0.15, 0.2) is 5.69 Å². The zero-order valence-electron chi connectivity index (χ0n) is 8.95. The average molecular weight is 229 g/mol. The summed E-state index contributed by atoms with van der Waals surface area (Å²) >= 11 is 5.62. The second-order valence-electron chi connectivity index (χ2n) is 3.62. The summed E-state index contributed by atoms with van der Waals surface area (Å²) in [6.07, 6.45) is 1.33. The molecule has 0 atom stereocenters. The van der Waals surface area contributed by atoms with Gasteiger partial charge in [-0.05, 0) is 12.8 Å². The first kappa shape index (κ1) is 11.9. The van der Waals surface area contributed by atoms with Crippen molar-refractivity contribution in [2.75, 3.05) is 6.61 Å². The van der Waals surface area contributed by atoms with Crippen molar-refractivity contribution in [1.82, 2.24) is 9.97 Å². The van der Waals surface area contributed by atoms with Gasteiger partial charge in [-0.15, -0.1) is 0 Å². The molecule has 82 valence electrons. The third kappa shape index (κ3) is 3.47. The molecule has 0 radical (unpaired) electrons. The molecule has 1 heterocycles. The van der Waals surface area contributed by atoms with E-state index in [0.29, 0.717) is 18.2 Å². The lowest BCUT2D eigenvalue weighted by atomic mass is 10.2. The van der Waals surface area contributed by atoms with E-state index in [1.54, 1.807) is 6.92 Å². The predicted octanol–water partition coefficient (Wildman–Crippen LogP) is 2.25. The van der Waals surface area contributed by atoms with Gasteiger partial charge in [0.1, 0.15) is 5.15 Å². The highest BCUT2D eigenvalue weighted by molar-refractivity contribution is 6.29. The molecule has 0 N–H and O–H groups in total. The standard InChI is InChI=1S/C10H13ClN2O2/c1-6(2)5-15-10(14)9-7(3)13-8(11)4-12-9/h4,6H,5H2,1-3H3. The van der Waals surface area contributed by atoms with Crippen molar-refractivity contribution < 1.29 is 9.53 Å². The van der Waals surface area contributed by atoms with Crippen LogP contribution >= 0.6 is 11.6 Å². The van der Waals surface area contributed by atoms with Crippen LogP contribution in [0.5, 0.6) is 0 Å². The Bertz CT molecular complexity index is 366. The van der Waals surface area contributed by atoms with Gasteiger partial charge in [0.25, 0.3) is 0 Å². The van der Waals surface area contributed by atoms with Crippen LogP contribution in [-0.4, -0.2) is 22.5 Å². The van der Waals surface area contributed by atoms with Crippen LogP contribution in [0.1, 0.15) is 30.0 Å². The fourth-order valence-electron chi connectivity index (χ4n) is 0.964. The Balaban J connectivity index is 2.74. The molecule has 1 aromatic heterocycles. The van der Waals surface area contributed by atoms with Gasteiger partial charge in [0.05, 0.1) is 18.5 Å². The van der Waals surface area contributed by atoms with E-state index in [4.69, 9.17) is 16.3 Å². The Morgan fingerprint density at radius 1 is 1.60 bits per heavy atom. The lowest BCUT2D eigenvalue weighted by molar-refractivity contribution is 0.0450. The number of halogens is 1. The van der Waals surface area contributed by atoms with E-state index < -0.39 is 5.97 Å². The van der Waals surface area contributed by atoms with Crippen molar-refractivity contribution in [2.45, 2.75) is 20.8 Å². The highest BCUT2D eigenvalue weighted by atomic mass is 35.5. The Hall–Kier alpha value is -1.16. The SMILES string of the molecule is Cc1nc(Cl)cnc1C(=O)OCC(C)C. The van der Waals surface area contributed by atoms with Crippen molar-refractivity contribution in [3.05, 3.63) is 22.7 Å². The van der Waals surface area contributed by atoms with Gasteiger partial charge >= 0.3 is 5.97 Å². The number of ether oxygens (including phenoxy) is 1. The van der Waals surface area contributed by atoms with E-state index >= 15 is 0 Å². The maximum atomic E-state index is 11.5. The Kier molecular flexibility index (Phi) is 4.03. The van der Waals surface area contributed by atoms with Gasteiger partial charge in [-0.1, -0.05) is 25.4 Å².